The van der Waals surface area contributed by atoms with E-state index in [0.717, 1.165) is 24.5 Å². The predicted molar refractivity (Wildman–Crippen MR) is 38.4 cm³/mol. The van der Waals surface area contributed by atoms with Crippen molar-refractivity contribution in [2.24, 2.45) is 0 Å². The fourth-order valence-corrected chi connectivity index (χ4v) is 1.22. The summed E-state index contributed by atoms with van der Waals surface area (Å²) in [4.78, 5) is 4.00. The van der Waals surface area contributed by atoms with Gasteiger partial charge in [-0.05, 0) is 6.07 Å². The molecule has 10 heavy (non-hydrogen) atoms. The van der Waals surface area contributed by atoms with E-state index < -0.39 is 0 Å². The molecule has 0 fully saturated rings. The molecule has 1 aliphatic rings. The lowest BCUT2D eigenvalue weighted by molar-refractivity contribution is 0.345. The largest absolute Gasteiger partial charge is 0.477 e. The third-order valence-corrected chi connectivity index (χ3v) is 1.71. The molecule has 0 spiro atoms. The van der Waals surface area contributed by atoms with Crippen molar-refractivity contribution < 1.29 is 4.74 Å². The minimum atomic E-state index is 0.684. The van der Waals surface area contributed by atoms with Crippen molar-refractivity contribution in [3.63, 3.8) is 0 Å². The Hall–Kier alpha value is -0.760. The summed E-state index contributed by atoms with van der Waals surface area (Å²) in [5.74, 6) is 0.740. The first-order valence-electron chi connectivity index (χ1n) is 3.13. The van der Waals surface area contributed by atoms with Crippen LogP contribution in [0.3, 0.4) is 0 Å². The molecule has 0 atom stereocenters. The average Bonchev–Trinajstić information content (AvgIpc) is 2.33. The molecule has 0 bridgehead atoms. The highest BCUT2D eigenvalue weighted by Gasteiger charge is 2.12. The predicted octanol–water partition coefficient (Wildman–Crippen LogP) is 1.67. The molecule has 0 aromatic carbocycles. The Kier molecular flexibility index (Phi) is 1.27. The average molecular weight is 156 g/mol. The number of nitrogens with zero attached hydrogens (tertiary/aromatic N) is 1. The van der Waals surface area contributed by atoms with Crippen molar-refractivity contribution in [2.45, 2.75) is 6.42 Å². The number of hydrogen-bond donors (Lipinski definition) is 0. The Balaban J connectivity index is 2.52. The molecule has 0 N–H and O–H groups in total. The molecule has 1 aromatic heterocycles. The van der Waals surface area contributed by atoms with E-state index in [1.807, 2.05) is 6.07 Å². The van der Waals surface area contributed by atoms with Gasteiger partial charge in [0.25, 0.3) is 0 Å². The van der Waals surface area contributed by atoms with E-state index in [2.05, 4.69) is 4.98 Å². The van der Waals surface area contributed by atoms with Crippen LogP contribution in [0.25, 0.3) is 0 Å². The maximum Gasteiger partial charge on any atom is 0.216 e. The van der Waals surface area contributed by atoms with Crippen molar-refractivity contribution in [3.05, 3.63) is 22.8 Å². The van der Waals surface area contributed by atoms with Crippen molar-refractivity contribution in [1.82, 2.24) is 4.98 Å². The van der Waals surface area contributed by atoms with Gasteiger partial charge in [0.1, 0.15) is 0 Å². The van der Waals surface area contributed by atoms with Crippen molar-refractivity contribution in [2.75, 3.05) is 6.61 Å². The van der Waals surface area contributed by atoms with Gasteiger partial charge in [0.05, 0.1) is 11.6 Å². The van der Waals surface area contributed by atoms with Gasteiger partial charge in [0.15, 0.2) is 0 Å². The molecule has 0 saturated carbocycles. The molecule has 2 heterocycles. The summed E-state index contributed by atoms with van der Waals surface area (Å²) < 4.78 is 5.18. The second-order valence-electron chi connectivity index (χ2n) is 2.22. The Bertz CT molecular complexity index is 262. The number of pyridine rings is 1. The monoisotopic (exact) mass is 155 g/mol. The van der Waals surface area contributed by atoms with Crippen LogP contribution in [-0.2, 0) is 6.42 Å². The summed E-state index contributed by atoms with van der Waals surface area (Å²) >= 11 is 5.71. The second kappa shape index (κ2) is 2.13. The smallest absolute Gasteiger partial charge is 0.216 e. The first-order valence-corrected chi connectivity index (χ1v) is 3.51. The number of ether oxygens (including phenoxy) is 1. The fraction of sp³-hybridized carbons (Fsp3) is 0.286. The van der Waals surface area contributed by atoms with E-state index in [0.29, 0.717) is 5.02 Å². The third kappa shape index (κ3) is 0.847. The lowest BCUT2D eigenvalue weighted by atomic mass is 10.2. The minimum Gasteiger partial charge on any atom is -0.477 e. The van der Waals surface area contributed by atoms with Crippen molar-refractivity contribution >= 4 is 11.6 Å². The molecular weight excluding hydrogens is 150 g/mol. The van der Waals surface area contributed by atoms with Gasteiger partial charge in [-0.2, -0.15) is 0 Å². The number of aromatic nitrogens is 1. The van der Waals surface area contributed by atoms with Crippen LogP contribution in [0, 0.1) is 0 Å². The van der Waals surface area contributed by atoms with Crippen LogP contribution in [0.4, 0.5) is 0 Å². The summed E-state index contributed by atoms with van der Waals surface area (Å²) in [6.45, 7) is 0.739. The molecule has 0 aliphatic carbocycles. The summed E-state index contributed by atoms with van der Waals surface area (Å²) in [6, 6.07) is 1.90. The van der Waals surface area contributed by atoms with E-state index in [-0.39, 0.29) is 0 Å². The highest BCUT2D eigenvalue weighted by Crippen LogP contribution is 2.24. The van der Waals surface area contributed by atoms with Gasteiger partial charge in [-0.3, -0.25) is 0 Å². The molecule has 1 aromatic rings. The van der Waals surface area contributed by atoms with Crippen molar-refractivity contribution in [3.8, 4) is 5.88 Å². The number of halogens is 1. The van der Waals surface area contributed by atoms with Gasteiger partial charge in [-0.15, -0.1) is 0 Å². The highest BCUT2D eigenvalue weighted by atomic mass is 35.5. The van der Waals surface area contributed by atoms with Gasteiger partial charge in [0.2, 0.25) is 5.88 Å². The van der Waals surface area contributed by atoms with Crippen LogP contribution in [-0.4, -0.2) is 11.6 Å². The van der Waals surface area contributed by atoms with Crippen LogP contribution < -0.4 is 4.74 Å². The van der Waals surface area contributed by atoms with Gasteiger partial charge in [0, 0.05) is 18.2 Å². The van der Waals surface area contributed by atoms with Crippen LogP contribution in [0.2, 0.25) is 5.02 Å². The molecule has 0 saturated heterocycles. The molecular formula is C7H6ClNO. The zero-order valence-corrected chi connectivity index (χ0v) is 6.06. The molecule has 2 rings (SSSR count). The lowest BCUT2D eigenvalue weighted by Crippen LogP contribution is -1.87. The van der Waals surface area contributed by atoms with Gasteiger partial charge in [-0.1, -0.05) is 11.6 Å². The Labute approximate surface area is 63.8 Å². The standard InChI is InChI=1S/C7H6ClNO/c8-6-3-5-1-2-10-7(5)9-4-6/h3-4H,1-2H2. The first kappa shape index (κ1) is 5.98. The van der Waals surface area contributed by atoms with E-state index in [4.69, 9.17) is 16.3 Å². The van der Waals surface area contributed by atoms with Gasteiger partial charge >= 0.3 is 0 Å². The molecule has 1 aliphatic heterocycles. The number of fused-ring (bicyclic) bond motifs is 1. The summed E-state index contributed by atoms with van der Waals surface area (Å²) in [5, 5.41) is 0.684. The summed E-state index contributed by atoms with van der Waals surface area (Å²) in [7, 11) is 0. The maximum atomic E-state index is 5.71. The molecule has 3 heteroatoms. The molecule has 0 radical (unpaired) electrons. The highest BCUT2D eigenvalue weighted by molar-refractivity contribution is 6.30. The van der Waals surface area contributed by atoms with E-state index in [1.54, 1.807) is 6.20 Å². The third-order valence-electron chi connectivity index (χ3n) is 1.50. The molecule has 0 amide bonds. The number of rotatable bonds is 0. The summed E-state index contributed by atoms with van der Waals surface area (Å²) in [6.07, 6.45) is 2.54. The van der Waals surface area contributed by atoms with Crippen LogP contribution in [0.15, 0.2) is 12.3 Å². The zero-order valence-electron chi connectivity index (χ0n) is 5.30. The Morgan fingerprint density at radius 3 is 3.40 bits per heavy atom. The van der Waals surface area contributed by atoms with Gasteiger partial charge in [-0.25, -0.2) is 4.98 Å². The Morgan fingerprint density at radius 2 is 2.50 bits per heavy atom. The fourth-order valence-electron chi connectivity index (χ4n) is 1.04. The SMILES string of the molecule is Clc1cnc2c(c1)CCO2. The second-order valence-corrected chi connectivity index (χ2v) is 2.65. The quantitative estimate of drug-likeness (QED) is 0.569. The normalized spacial score (nSPS) is 14.5. The minimum absolute atomic E-state index is 0.684. The van der Waals surface area contributed by atoms with E-state index in [9.17, 15) is 0 Å². The molecule has 0 unspecified atom stereocenters. The van der Waals surface area contributed by atoms with E-state index in [1.165, 1.54) is 0 Å². The maximum absolute atomic E-state index is 5.71. The van der Waals surface area contributed by atoms with Crippen LogP contribution >= 0.6 is 11.6 Å². The topological polar surface area (TPSA) is 22.1 Å². The summed E-state index contributed by atoms with van der Waals surface area (Å²) in [5.41, 5.74) is 1.12. The van der Waals surface area contributed by atoms with Crippen LogP contribution in [0.1, 0.15) is 5.56 Å². The van der Waals surface area contributed by atoms with Crippen molar-refractivity contribution in [1.29, 1.82) is 0 Å². The first-order chi connectivity index (χ1) is 4.86. The Morgan fingerprint density at radius 1 is 1.60 bits per heavy atom. The van der Waals surface area contributed by atoms with E-state index >= 15 is 0 Å². The molecule has 52 valence electrons. The number of hydrogen-bond acceptors (Lipinski definition) is 2. The van der Waals surface area contributed by atoms with Crippen LogP contribution in [0.5, 0.6) is 5.88 Å². The van der Waals surface area contributed by atoms with Gasteiger partial charge < -0.3 is 4.74 Å². The zero-order chi connectivity index (χ0) is 6.97. The lowest BCUT2D eigenvalue weighted by Gasteiger charge is -1.95. The molecule has 2 nitrogen and oxygen atoms in total.